The van der Waals surface area contributed by atoms with Gasteiger partial charge in [0.05, 0.1) is 12.7 Å². The van der Waals surface area contributed by atoms with Gasteiger partial charge in [-0.05, 0) is 50.9 Å². The Morgan fingerprint density at radius 3 is 2.40 bits per heavy atom. The molecule has 1 aromatic carbocycles. The van der Waals surface area contributed by atoms with E-state index in [0.717, 1.165) is 31.6 Å². The predicted octanol–water partition coefficient (Wildman–Crippen LogP) is 3.16. The minimum atomic E-state index is -0.279. The van der Waals surface area contributed by atoms with Crippen LogP contribution in [0.4, 0.5) is 0 Å². The lowest BCUT2D eigenvalue weighted by Gasteiger charge is -2.31. The van der Waals surface area contributed by atoms with E-state index in [1.165, 1.54) is 5.56 Å². The van der Waals surface area contributed by atoms with Crippen LogP contribution >= 0.6 is 0 Å². The van der Waals surface area contributed by atoms with Crippen LogP contribution in [-0.4, -0.2) is 29.9 Å². The van der Waals surface area contributed by atoms with Gasteiger partial charge >= 0.3 is 0 Å². The molecule has 0 aliphatic heterocycles. The minimum absolute atomic E-state index is 0.0592. The lowest BCUT2D eigenvalue weighted by molar-refractivity contribution is 0.110. The average Bonchev–Trinajstić information content (AvgIpc) is 2.46. The smallest absolute Gasteiger partial charge is 0.119 e. The van der Waals surface area contributed by atoms with Gasteiger partial charge < -0.3 is 15.2 Å². The zero-order valence-electron chi connectivity index (χ0n) is 13.3. The molecule has 0 amide bonds. The Morgan fingerprint density at radius 2 is 1.90 bits per heavy atom. The molecule has 20 heavy (non-hydrogen) atoms. The van der Waals surface area contributed by atoms with Crippen LogP contribution in [0, 0.1) is 0 Å². The largest absolute Gasteiger partial charge is 0.491 e. The number of aliphatic hydroxyl groups is 1. The van der Waals surface area contributed by atoms with Gasteiger partial charge in [-0.2, -0.15) is 0 Å². The van der Waals surface area contributed by atoms with Gasteiger partial charge in [-0.1, -0.05) is 26.0 Å². The minimum Gasteiger partial charge on any atom is -0.491 e. The van der Waals surface area contributed by atoms with Crippen LogP contribution in [-0.2, 0) is 6.42 Å². The molecule has 0 heterocycles. The third-order valence-corrected chi connectivity index (χ3v) is 3.56. The summed E-state index contributed by atoms with van der Waals surface area (Å²) in [6.07, 6.45) is 2.94. The van der Waals surface area contributed by atoms with Crippen molar-refractivity contribution in [2.75, 3.05) is 13.2 Å². The molecule has 2 N–H and O–H groups in total. The molecule has 1 rings (SSSR count). The number of nitrogens with one attached hydrogen (secondary N) is 1. The number of hydrogen-bond acceptors (Lipinski definition) is 3. The summed E-state index contributed by atoms with van der Waals surface area (Å²) in [5.41, 5.74) is 1.04. The molecule has 0 spiro atoms. The van der Waals surface area contributed by atoms with Crippen LogP contribution in [0.5, 0.6) is 5.75 Å². The molecule has 0 bridgehead atoms. The van der Waals surface area contributed by atoms with Gasteiger partial charge in [0.25, 0.3) is 0 Å². The molecule has 2 atom stereocenters. The Morgan fingerprint density at radius 1 is 1.25 bits per heavy atom. The molecular weight excluding hydrogens is 250 g/mol. The van der Waals surface area contributed by atoms with Crippen LogP contribution in [0.2, 0.25) is 0 Å². The molecule has 0 aliphatic rings. The van der Waals surface area contributed by atoms with E-state index in [0.29, 0.717) is 0 Å². The van der Waals surface area contributed by atoms with Gasteiger partial charge in [-0.25, -0.2) is 0 Å². The van der Waals surface area contributed by atoms with E-state index in [-0.39, 0.29) is 18.2 Å². The standard InChI is InChI=1S/C17H29NO2/c1-5-11-18-17(4,13-19)12-14(3)20-16-9-7-15(6-2)8-10-16/h7-10,14,18-19H,5-6,11-13H2,1-4H3. The van der Waals surface area contributed by atoms with Crippen molar-refractivity contribution in [2.45, 2.75) is 58.6 Å². The summed E-state index contributed by atoms with van der Waals surface area (Å²) in [6.45, 7) is 9.40. The highest BCUT2D eigenvalue weighted by Gasteiger charge is 2.25. The molecule has 2 unspecified atom stereocenters. The van der Waals surface area contributed by atoms with E-state index in [4.69, 9.17) is 4.74 Å². The fourth-order valence-electron chi connectivity index (χ4n) is 2.33. The summed E-state index contributed by atoms with van der Waals surface area (Å²) >= 11 is 0. The van der Waals surface area contributed by atoms with Crippen molar-refractivity contribution >= 4 is 0 Å². The van der Waals surface area contributed by atoms with Crippen molar-refractivity contribution in [3.63, 3.8) is 0 Å². The third kappa shape index (κ3) is 5.51. The Labute approximate surface area is 123 Å². The summed E-state index contributed by atoms with van der Waals surface area (Å²) < 4.78 is 5.94. The second-order valence-corrected chi connectivity index (χ2v) is 5.78. The van der Waals surface area contributed by atoms with Crippen molar-refractivity contribution in [3.8, 4) is 5.75 Å². The van der Waals surface area contributed by atoms with Gasteiger partial charge in [0.2, 0.25) is 0 Å². The van der Waals surface area contributed by atoms with Crippen LogP contribution in [0.25, 0.3) is 0 Å². The zero-order chi connectivity index (χ0) is 15.0. The van der Waals surface area contributed by atoms with E-state index >= 15 is 0 Å². The average molecular weight is 279 g/mol. The Balaban J connectivity index is 2.53. The SMILES string of the molecule is CCCNC(C)(CO)CC(C)Oc1ccc(CC)cc1. The monoisotopic (exact) mass is 279 g/mol. The Kier molecular flexibility index (Phi) is 7.03. The molecule has 0 saturated carbocycles. The van der Waals surface area contributed by atoms with Gasteiger partial charge in [0, 0.05) is 12.0 Å². The summed E-state index contributed by atoms with van der Waals surface area (Å²) in [4.78, 5) is 0. The van der Waals surface area contributed by atoms with Crippen LogP contribution in [0.3, 0.4) is 0 Å². The third-order valence-electron chi connectivity index (χ3n) is 3.56. The van der Waals surface area contributed by atoms with Gasteiger partial charge in [0.15, 0.2) is 0 Å². The first-order chi connectivity index (χ1) is 9.53. The summed E-state index contributed by atoms with van der Waals surface area (Å²) in [6, 6.07) is 8.24. The number of rotatable bonds is 9. The molecule has 0 radical (unpaired) electrons. The molecular formula is C17H29NO2. The first-order valence-electron chi connectivity index (χ1n) is 7.64. The second kappa shape index (κ2) is 8.28. The molecule has 0 aliphatic carbocycles. The van der Waals surface area contributed by atoms with E-state index in [9.17, 15) is 5.11 Å². The first kappa shape index (κ1) is 17.0. The van der Waals surface area contributed by atoms with E-state index in [1.807, 2.05) is 19.1 Å². The Bertz CT molecular complexity index is 377. The quantitative estimate of drug-likeness (QED) is 0.729. The molecule has 3 heteroatoms. The van der Waals surface area contributed by atoms with E-state index < -0.39 is 0 Å². The fourth-order valence-corrected chi connectivity index (χ4v) is 2.33. The molecule has 114 valence electrons. The van der Waals surface area contributed by atoms with Crippen molar-refractivity contribution in [3.05, 3.63) is 29.8 Å². The molecule has 3 nitrogen and oxygen atoms in total. The molecule has 0 aromatic heterocycles. The fraction of sp³-hybridized carbons (Fsp3) is 0.647. The molecule has 1 aromatic rings. The molecule has 0 saturated heterocycles. The van der Waals surface area contributed by atoms with Crippen LogP contribution < -0.4 is 10.1 Å². The molecule has 0 fully saturated rings. The lowest BCUT2D eigenvalue weighted by atomic mass is 9.95. The van der Waals surface area contributed by atoms with E-state index in [1.54, 1.807) is 0 Å². The summed E-state index contributed by atoms with van der Waals surface area (Å²) in [7, 11) is 0. The second-order valence-electron chi connectivity index (χ2n) is 5.78. The van der Waals surface area contributed by atoms with Crippen molar-refractivity contribution < 1.29 is 9.84 Å². The number of hydrogen-bond donors (Lipinski definition) is 2. The van der Waals surface area contributed by atoms with Crippen molar-refractivity contribution in [2.24, 2.45) is 0 Å². The highest BCUT2D eigenvalue weighted by atomic mass is 16.5. The highest BCUT2D eigenvalue weighted by molar-refractivity contribution is 5.27. The maximum absolute atomic E-state index is 9.58. The normalized spacial score (nSPS) is 15.7. The predicted molar refractivity (Wildman–Crippen MR) is 84.3 cm³/mol. The highest BCUT2D eigenvalue weighted by Crippen LogP contribution is 2.19. The summed E-state index contributed by atoms with van der Waals surface area (Å²) in [5, 5.41) is 13.0. The van der Waals surface area contributed by atoms with Crippen LogP contribution in [0.15, 0.2) is 24.3 Å². The number of ether oxygens (including phenoxy) is 1. The van der Waals surface area contributed by atoms with Gasteiger partial charge in [-0.3, -0.25) is 0 Å². The van der Waals surface area contributed by atoms with Crippen LogP contribution in [0.1, 0.15) is 46.1 Å². The Hall–Kier alpha value is -1.06. The lowest BCUT2D eigenvalue weighted by Crippen LogP contribution is -2.48. The number of benzene rings is 1. The van der Waals surface area contributed by atoms with Crippen molar-refractivity contribution in [1.29, 1.82) is 0 Å². The maximum Gasteiger partial charge on any atom is 0.119 e. The van der Waals surface area contributed by atoms with Gasteiger partial charge in [0.1, 0.15) is 5.75 Å². The van der Waals surface area contributed by atoms with Gasteiger partial charge in [-0.15, -0.1) is 0 Å². The first-order valence-corrected chi connectivity index (χ1v) is 7.64. The number of aliphatic hydroxyl groups excluding tert-OH is 1. The summed E-state index contributed by atoms with van der Waals surface area (Å²) in [5.74, 6) is 0.894. The van der Waals surface area contributed by atoms with E-state index in [2.05, 4.69) is 38.2 Å². The topological polar surface area (TPSA) is 41.5 Å². The van der Waals surface area contributed by atoms with Crippen molar-refractivity contribution in [1.82, 2.24) is 5.32 Å². The maximum atomic E-state index is 9.58. The number of aryl methyl sites for hydroxylation is 1. The zero-order valence-corrected chi connectivity index (χ0v) is 13.3.